The zero-order valence-electron chi connectivity index (χ0n) is 13.2. The molecule has 0 radical (unpaired) electrons. The minimum absolute atomic E-state index is 0.362. The molecule has 8 nitrogen and oxygen atoms in total. The van der Waals surface area contributed by atoms with Gasteiger partial charge in [0, 0.05) is 18.5 Å². The van der Waals surface area contributed by atoms with Gasteiger partial charge in [-0.15, -0.1) is 0 Å². The van der Waals surface area contributed by atoms with E-state index >= 15 is 0 Å². The van der Waals surface area contributed by atoms with Crippen LogP contribution in [0.25, 0.3) is 0 Å². The van der Waals surface area contributed by atoms with Crippen LogP contribution in [0.2, 0.25) is 0 Å². The van der Waals surface area contributed by atoms with Crippen LogP contribution < -0.4 is 13.5 Å². The van der Waals surface area contributed by atoms with Gasteiger partial charge in [-0.25, -0.2) is 0 Å². The number of halogens is 6. The summed E-state index contributed by atoms with van der Waals surface area (Å²) in [4.78, 5) is 10.6. The molecular weight excluding hydrogens is 450 g/mol. The molecule has 16 heteroatoms. The standard InChI is InChI=1S/C12H10F6O8S2/c13-11(14,15)5-27(21,22)25-8-1-7(3-10(19)20)2-9(4-8)26-28(23,24)6-12(16,17)18/h1-2,4H,3,5-6H2,(H,19,20)/p-1. The van der Waals surface area contributed by atoms with Crippen LogP contribution >= 0.6 is 0 Å². The topological polar surface area (TPSA) is 127 Å². The van der Waals surface area contributed by atoms with E-state index in [0.717, 1.165) is 0 Å². The summed E-state index contributed by atoms with van der Waals surface area (Å²) in [6.07, 6.45) is -11.4. The van der Waals surface area contributed by atoms with Gasteiger partial charge >= 0.3 is 32.6 Å². The number of benzene rings is 1. The van der Waals surface area contributed by atoms with E-state index in [-0.39, 0.29) is 0 Å². The number of rotatable bonds is 8. The molecule has 1 rings (SSSR count). The highest BCUT2D eigenvalue weighted by molar-refractivity contribution is 7.87. The Labute approximate surface area is 153 Å². The Bertz CT molecular complexity index is 868. The van der Waals surface area contributed by atoms with Gasteiger partial charge in [-0.1, -0.05) is 0 Å². The average Bonchev–Trinajstić information content (AvgIpc) is 2.28. The number of alkyl halides is 6. The van der Waals surface area contributed by atoms with Crippen molar-refractivity contribution in [2.45, 2.75) is 18.8 Å². The lowest BCUT2D eigenvalue weighted by atomic mass is 10.1. The molecule has 0 spiro atoms. The second-order valence-corrected chi connectivity index (χ2v) is 8.30. The molecule has 160 valence electrons. The molecule has 0 saturated heterocycles. The first-order valence-corrected chi connectivity index (χ1v) is 9.83. The van der Waals surface area contributed by atoms with Gasteiger partial charge in [0.2, 0.25) is 0 Å². The third-order valence-electron chi connectivity index (χ3n) is 2.42. The number of aliphatic carboxylic acids is 1. The molecule has 0 saturated carbocycles. The first-order valence-electron chi connectivity index (χ1n) is 6.67. The Morgan fingerprint density at radius 2 is 1.18 bits per heavy atom. The predicted molar refractivity (Wildman–Crippen MR) is 76.1 cm³/mol. The summed E-state index contributed by atoms with van der Waals surface area (Å²) in [6.45, 7) is 0. The van der Waals surface area contributed by atoms with Crippen molar-refractivity contribution in [1.29, 1.82) is 0 Å². The first kappa shape index (κ1) is 23.8. The van der Waals surface area contributed by atoms with Crippen LogP contribution in [-0.2, 0) is 31.5 Å². The number of carboxylic acid groups (broad SMARTS) is 1. The molecule has 0 aliphatic rings. The predicted octanol–water partition coefficient (Wildman–Crippen LogP) is 0.521. The van der Waals surface area contributed by atoms with Crippen LogP contribution in [-0.4, -0.2) is 46.7 Å². The maximum atomic E-state index is 12.2. The van der Waals surface area contributed by atoms with Crippen LogP contribution in [0.15, 0.2) is 18.2 Å². The largest absolute Gasteiger partial charge is 0.550 e. The van der Waals surface area contributed by atoms with Gasteiger partial charge in [0.25, 0.3) is 0 Å². The molecule has 0 aliphatic carbocycles. The summed E-state index contributed by atoms with van der Waals surface area (Å²) in [5.41, 5.74) is -0.475. The molecule has 0 bridgehead atoms. The number of carbonyl (C=O) groups is 1. The normalized spacial score (nSPS) is 13.2. The maximum Gasteiger partial charge on any atom is 0.406 e. The quantitative estimate of drug-likeness (QED) is 0.407. The minimum Gasteiger partial charge on any atom is -0.550 e. The van der Waals surface area contributed by atoms with Crippen molar-refractivity contribution in [3.63, 3.8) is 0 Å². The summed E-state index contributed by atoms with van der Waals surface area (Å²) < 4.78 is 127. The second-order valence-electron chi connectivity index (χ2n) is 5.16. The van der Waals surface area contributed by atoms with Crippen molar-refractivity contribution in [3.8, 4) is 11.5 Å². The number of hydrogen-bond acceptors (Lipinski definition) is 8. The lowest BCUT2D eigenvalue weighted by Gasteiger charge is -2.14. The summed E-state index contributed by atoms with van der Waals surface area (Å²) in [5, 5.41) is 10.6. The molecule has 0 fully saturated rings. The Morgan fingerprint density at radius 1 is 0.821 bits per heavy atom. The molecule has 0 atom stereocenters. The molecule has 0 N–H and O–H groups in total. The van der Waals surface area contributed by atoms with Crippen molar-refractivity contribution in [2.75, 3.05) is 11.5 Å². The van der Waals surface area contributed by atoms with Gasteiger partial charge in [-0.2, -0.15) is 43.2 Å². The van der Waals surface area contributed by atoms with E-state index in [1.165, 1.54) is 0 Å². The SMILES string of the molecule is O=C([O-])Cc1cc(OS(=O)(=O)CC(F)(F)F)cc(OS(=O)(=O)CC(F)(F)F)c1. The van der Waals surface area contributed by atoms with Gasteiger partial charge < -0.3 is 18.3 Å². The molecule has 0 aromatic heterocycles. The van der Waals surface area contributed by atoms with Gasteiger partial charge in [-0.3, -0.25) is 0 Å². The number of carbonyl (C=O) groups excluding carboxylic acids is 1. The molecule has 0 aliphatic heterocycles. The zero-order chi connectivity index (χ0) is 22.0. The van der Waals surface area contributed by atoms with Gasteiger partial charge in [0.15, 0.2) is 11.5 Å². The van der Waals surface area contributed by atoms with Crippen LogP contribution in [0.5, 0.6) is 11.5 Å². The summed E-state index contributed by atoms with van der Waals surface area (Å²) in [7, 11) is -10.6. The first-order chi connectivity index (χ1) is 12.4. The van der Waals surface area contributed by atoms with E-state index < -0.39 is 73.5 Å². The molecule has 0 heterocycles. The van der Waals surface area contributed by atoms with E-state index in [1.54, 1.807) is 0 Å². The van der Waals surface area contributed by atoms with Crippen molar-refractivity contribution < 1.29 is 61.4 Å². The van der Waals surface area contributed by atoms with Crippen molar-refractivity contribution in [3.05, 3.63) is 23.8 Å². The van der Waals surface area contributed by atoms with Crippen LogP contribution in [0.4, 0.5) is 26.3 Å². The van der Waals surface area contributed by atoms with Crippen LogP contribution in [0, 0.1) is 0 Å². The van der Waals surface area contributed by atoms with E-state index in [0.29, 0.717) is 18.2 Å². The van der Waals surface area contributed by atoms with E-state index in [9.17, 15) is 53.1 Å². The Hall–Kier alpha value is -2.23. The number of carboxylic acids is 1. The third-order valence-corrected chi connectivity index (χ3v) is 4.67. The average molecular weight is 459 g/mol. The van der Waals surface area contributed by atoms with E-state index in [4.69, 9.17) is 0 Å². The highest BCUT2D eigenvalue weighted by atomic mass is 32.2. The highest BCUT2D eigenvalue weighted by Gasteiger charge is 2.38. The Balaban J connectivity index is 3.25. The van der Waals surface area contributed by atoms with Crippen molar-refractivity contribution in [1.82, 2.24) is 0 Å². The molecule has 0 amide bonds. The lowest BCUT2D eigenvalue weighted by molar-refractivity contribution is -0.304. The fraction of sp³-hybridized carbons (Fsp3) is 0.417. The van der Waals surface area contributed by atoms with Gasteiger partial charge in [0.1, 0.15) is 11.5 Å². The fourth-order valence-electron chi connectivity index (χ4n) is 1.75. The van der Waals surface area contributed by atoms with Crippen LogP contribution in [0.3, 0.4) is 0 Å². The monoisotopic (exact) mass is 459 g/mol. The second kappa shape index (κ2) is 8.02. The lowest BCUT2D eigenvalue weighted by Crippen LogP contribution is -2.27. The molecule has 1 aromatic carbocycles. The van der Waals surface area contributed by atoms with Crippen molar-refractivity contribution in [2.24, 2.45) is 0 Å². The zero-order valence-corrected chi connectivity index (χ0v) is 14.8. The fourth-order valence-corrected chi connectivity index (χ4v) is 3.45. The summed E-state index contributed by atoms with van der Waals surface area (Å²) >= 11 is 0. The Kier molecular flexibility index (Phi) is 6.82. The van der Waals surface area contributed by atoms with Crippen LogP contribution in [0.1, 0.15) is 5.56 Å². The molecule has 1 aromatic rings. The van der Waals surface area contributed by atoms with Gasteiger partial charge in [0.05, 0.1) is 0 Å². The summed E-state index contributed by atoms with van der Waals surface area (Å²) in [6, 6.07) is 1.57. The maximum absolute atomic E-state index is 12.2. The minimum atomic E-state index is -5.30. The van der Waals surface area contributed by atoms with Crippen molar-refractivity contribution >= 4 is 26.2 Å². The highest BCUT2D eigenvalue weighted by Crippen LogP contribution is 2.28. The molecular formula is C12H9F6O8S2-. The Morgan fingerprint density at radius 3 is 1.46 bits per heavy atom. The van der Waals surface area contributed by atoms with E-state index in [1.807, 2.05) is 0 Å². The molecule has 28 heavy (non-hydrogen) atoms. The van der Waals surface area contributed by atoms with Gasteiger partial charge in [-0.05, 0) is 17.7 Å². The number of hydrogen-bond donors (Lipinski definition) is 0. The summed E-state index contributed by atoms with van der Waals surface area (Å²) in [5.74, 6) is -8.68. The van der Waals surface area contributed by atoms with E-state index in [2.05, 4.69) is 8.37 Å². The molecule has 0 unspecified atom stereocenters. The third kappa shape index (κ3) is 9.63. The smallest absolute Gasteiger partial charge is 0.406 e.